The Balaban J connectivity index is 2.59. The van der Waals surface area contributed by atoms with E-state index in [-0.39, 0.29) is 0 Å². The molecule has 0 heterocycles. The van der Waals surface area contributed by atoms with Crippen LogP contribution in [0.3, 0.4) is 0 Å². The number of hydrogen-bond donors (Lipinski definition) is 0. The minimum atomic E-state index is 0.457. The fourth-order valence-electron chi connectivity index (χ4n) is 1.60. The van der Waals surface area contributed by atoms with Crippen LogP contribution < -0.4 is 4.74 Å². The van der Waals surface area contributed by atoms with Crippen molar-refractivity contribution in [3.63, 3.8) is 0 Å². The molecule has 0 aliphatic carbocycles. The highest BCUT2D eigenvalue weighted by Crippen LogP contribution is 2.31. The van der Waals surface area contributed by atoms with E-state index in [4.69, 9.17) is 4.74 Å². The zero-order valence-corrected chi connectivity index (χ0v) is 12.0. The molecule has 0 spiro atoms. The first kappa shape index (κ1) is 13.6. The summed E-state index contributed by atoms with van der Waals surface area (Å²) in [6.45, 7) is 7.26. The van der Waals surface area contributed by atoms with Crippen LogP contribution in [0.15, 0.2) is 24.3 Å². The normalized spacial score (nSPS) is 14.5. The average molecular weight is 285 g/mol. The molecular formula is C14H21BrO. The molecule has 1 aromatic rings. The summed E-state index contributed by atoms with van der Waals surface area (Å²) < 4.78 is 5.43. The second-order valence-electron chi connectivity index (χ2n) is 4.22. The third kappa shape index (κ3) is 4.17. The van der Waals surface area contributed by atoms with Gasteiger partial charge in [-0.2, -0.15) is 0 Å². The Hall–Kier alpha value is -0.500. The van der Waals surface area contributed by atoms with Gasteiger partial charge in [-0.05, 0) is 37.0 Å². The molecule has 2 heteroatoms. The van der Waals surface area contributed by atoms with E-state index >= 15 is 0 Å². The molecular weight excluding hydrogens is 264 g/mol. The van der Waals surface area contributed by atoms with Gasteiger partial charge in [0, 0.05) is 4.83 Å². The molecule has 0 N–H and O–H groups in total. The van der Waals surface area contributed by atoms with Crippen molar-refractivity contribution < 1.29 is 4.74 Å². The molecule has 1 nitrogen and oxygen atoms in total. The Morgan fingerprint density at radius 2 is 1.81 bits per heavy atom. The van der Waals surface area contributed by atoms with Crippen LogP contribution in [0.1, 0.15) is 44.0 Å². The van der Waals surface area contributed by atoms with Gasteiger partial charge >= 0.3 is 0 Å². The zero-order chi connectivity index (χ0) is 12.0. The fourth-order valence-corrected chi connectivity index (χ4v) is 2.54. The van der Waals surface area contributed by atoms with Crippen molar-refractivity contribution in [3.8, 4) is 5.75 Å². The van der Waals surface area contributed by atoms with Crippen molar-refractivity contribution in [2.24, 2.45) is 5.92 Å². The highest BCUT2D eigenvalue weighted by atomic mass is 79.9. The monoisotopic (exact) mass is 284 g/mol. The maximum atomic E-state index is 5.43. The maximum absolute atomic E-state index is 5.43. The topological polar surface area (TPSA) is 9.23 Å². The lowest BCUT2D eigenvalue weighted by Gasteiger charge is -2.15. The lowest BCUT2D eigenvalue weighted by molar-refractivity contribution is 0.340. The van der Waals surface area contributed by atoms with Gasteiger partial charge in [0.1, 0.15) is 5.75 Å². The molecule has 2 unspecified atom stereocenters. The highest BCUT2D eigenvalue weighted by molar-refractivity contribution is 9.09. The van der Waals surface area contributed by atoms with Gasteiger partial charge in [-0.1, -0.05) is 48.3 Å². The van der Waals surface area contributed by atoms with Crippen molar-refractivity contribution in [2.75, 3.05) is 6.61 Å². The zero-order valence-electron chi connectivity index (χ0n) is 10.4. The smallest absolute Gasteiger partial charge is 0.119 e. The van der Waals surface area contributed by atoms with Crippen LogP contribution in [-0.4, -0.2) is 6.61 Å². The summed E-state index contributed by atoms with van der Waals surface area (Å²) in [7, 11) is 0. The summed E-state index contributed by atoms with van der Waals surface area (Å²) in [6, 6.07) is 8.38. The number of hydrogen-bond acceptors (Lipinski definition) is 1. The largest absolute Gasteiger partial charge is 0.494 e. The summed E-state index contributed by atoms with van der Waals surface area (Å²) >= 11 is 3.75. The first-order valence-corrected chi connectivity index (χ1v) is 6.95. The minimum absolute atomic E-state index is 0.457. The molecule has 1 aromatic carbocycles. The Labute approximate surface area is 107 Å². The maximum Gasteiger partial charge on any atom is 0.119 e. The number of ether oxygens (including phenoxy) is 1. The van der Waals surface area contributed by atoms with Crippen LogP contribution in [0.5, 0.6) is 5.75 Å². The second-order valence-corrected chi connectivity index (χ2v) is 5.32. The first-order valence-electron chi connectivity index (χ1n) is 6.04. The quantitative estimate of drug-likeness (QED) is 0.671. The summed E-state index contributed by atoms with van der Waals surface area (Å²) in [5, 5.41) is 0. The van der Waals surface area contributed by atoms with E-state index in [0.29, 0.717) is 4.83 Å². The van der Waals surface area contributed by atoms with E-state index in [0.717, 1.165) is 18.3 Å². The number of benzene rings is 1. The van der Waals surface area contributed by atoms with Gasteiger partial charge in [0.15, 0.2) is 0 Å². The molecule has 0 aromatic heterocycles. The number of halogens is 1. The van der Waals surface area contributed by atoms with Crippen LogP contribution in [0.4, 0.5) is 0 Å². The Morgan fingerprint density at radius 1 is 1.19 bits per heavy atom. The van der Waals surface area contributed by atoms with Gasteiger partial charge in [-0.15, -0.1) is 0 Å². The molecule has 0 saturated heterocycles. The predicted molar refractivity (Wildman–Crippen MR) is 73.4 cm³/mol. The molecule has 0 aliphatic heterocycles. The Bertz CT molecular complexity index is 294. The van der Waals surface area contributed by atoms with E-state index in [1.807, 2.05) is 19.1 Å². The molecule has 16 heavy (non-hydrogen) atoms. The van der Waals surface area contributed by atoms with Gasteiger partial charge in [0.05, 0.1) is 6.61 Å². The van der Waals surface area contributed by atoms with E-state index in [1.165, 1.54) is 18.4 Å². The van der Waals surface area contributed by atoms with Crippen molar-refractivity contribution in [1.82, 2.24) is 0 Å². The average Bonchev–Trinajstić information content (AvgIpc) is 2.30. The summed E-state index contributed by atoms with van der Waals surface area (Å²) in [6.07, 6.45) is 2.42. The van der Waals surface area contributed by atoms with Gasteiger partial charge < -0.3 is 4.74 Å². The van der Waals surface area contributed by atoms with Crippen LogP contribution >= 0.6 is 15.9 Å². The van der Waals surface area contributed by atoms with Gasteiger partial charge in [0.2, 0.25) is 0 Å². The SMILES string of the molecule is CCOc1ccc(C(Br)CC(C)CC)cc1. The minimum Gasteiger partial charge on any atom is -0.494 e. The third-order valence-electron chi connectivity index (χ3n) is 2.86. The predicted octanol–water partition coefficient (Wildman–Crippen LogP) is 4.96. The van der Waals surface area contributed by atoms with E-state index in [1.54, 1.807) is 0 Å². The number of rotatable bonds is 6. The molecule has 0 bridgehead atoms. The van der Waals surface area contributed by atoms with Crippen LogP contribution in [0.25, 0.3) is 0 Å². The van der Waals surface area contributed by atoms with Gasteiger partial charge in [-0.25, -0.2) is 0 Å². The fraction of sp³-hybridized carbons (Fsp3) is 0.571. The van der Waals surface area contributed by atoms with Gasteiger partial charge in [0.25, 0.3) is 0 Å². The molecule has 0 radical (unpaired) electrons. The molecule has 0 fully saturated rings. The lowest BCUT2D eigenvalue weighted by atomic mass is 9.99. The van der Waals surface area contributed by atoms with Crippen molar-refractivity contribution in [2.45, 2.75) is 38.4 Å². The van der Waals surface area contributed by atoms with E-state index in [2.05, 4.69) is 41.9 Å². The van der Waals surface area contributed by atoms with Gasteiger partial charge in [-0.3, -0.25) is 0 Å². The molecule has 0 aliphatic rings. The Kier molecular flexibility index (Phi) is 5.89. The Morgan fingerprint density at radius 3 is 2.31 bits per heavy atom. The standard InChI is InChI=1S/C14H21BrO/c1-4-11(3)10-14(15)12-6-8-13(9-7-12)16-5-2/h6-9,11,14H,4-5,10H2,1-3H3. The lowest BCUT2D eigenvalue weighted by Crippen LogP contribution is -1.99. The highest BCUT2D eigenvalue weighted by Gasteiger charge is 2.11. The first-order chi connectivity index (χ1) is 7.67. The van der Waals surface area contributed by atoms with Crippen LogP contribution in [0, 0.1) is 5.92 Å². The van der Waals surface area contributed by atoms with Crippen molar-refractivity contribution in [1.29, 1.82) is 0 Å². The summed E-state index contributed by atoms with van der Waals surface area (Å²) in [4.78, 5) is 0.457. The molecule has 0 saturated carbocycles. The van der Waals surface area contributed by atoms with Crippen molar-refractivity contribution >= 4 is 15.9 Å². The van der Waals surface area contributed by atoms with Crippen molar-refractivity contribution in [3.05, 3.63) is 29.8 Å². The number of alkyl halides is 1. The third-order valence-corrected chi connectivity index (χ3v) is 3.76. The second kappa shape index (κ2) is 6.95. The molecule has 0 amide bonds. The van der Waals surface area contributed by atoms with Crippen LogP contribution in [0.2, 0.25) is 0 Å². The molecule has 2 atom stereocenters. The van der Waals surface area contributed by atoms with E-state index < -0.39 is 0 Å². The summed E-state index contributed by atoms with van der Waals surface area (Å²) in [5.74, 6) is 1.71. The molecule has 90 valence electrons. The van der Waals surface area contributed by atoms with Crippen LogP contribution in [-0.2, 0) is 0 Å². The van der Waals surface area contributed by atoms with E-state index in [9.17, 15) is 0 Å². The summed E-state index contributed by atoms with van der Waals surface area (Å²) in [5.41, 5.74) is 1.34. The molecule has 1 rings (SSSR count).